The maximum atomic E-state index is 6.86. The second-order valence-corrected chi connectivity index (χ2v) is 10.1. The molecule has 0 fully saturated rings. The molecule has 2 nitrogen and oxygen atoms in total. The van der Waals surface area contributed by atoms with Gasteiger partial charge in [0.2, 0.25) is 0 Å². The van der Waals surface area contributed by atoms with Crippen LogP contribution in [0.25, 0.3) is 0 Å². The highest BCUT2D eigenvalue weighted by molar-refractivity contribution is 6.34. The van der Waals surface area contributed by atoms with Crippen LogP contribution in [-0.4, -0.2) is 0 Å². The Kier molecular flexibility index (Phi) is 11.9. The smallest absolute Gasteiger partial charge is 0.0673 e. The number of rotatable bonds is 14. The molecule has 0 aromatic heterocycles. The summed E-state index contributed by atoms with van der Waals surface area (Å²) in [6, 6.07) is 4.57. The Morgan fingerprint density at radius 1 is 0.545 bits per heavy atom. The van der Waals surface area contributed by atoms with Crippen molar-refractivity contribution < 1.29 is 0 Å². The minimum Gasteiger partial charge on any atom is -0.397 e. The second-order valence-electron chi connectivity index (χ2n) is 9.39. The maximum Gasteiger partial charge on any atom is 0.0673 e. The van der Waals surface area contributed by atoms with Crippen LogP contribution < -0.4 is 11.5 Å². The van der Waals surface area contributed by atoms with Gasteiger partial charge in [-0.05, 0) is 84.7 Å². The highest BCUT2D eigenvalue weighted by Gasteiger charge is 2.19. The topological polar surface area (TPSA) is 52.0 Å². The second kappa shape index (κ2) is 14.1. The molecule has 0 heterocycles. The van der Waals surface area contributed by atoms with E-state index in [1.807, 2.05) is 0 Å². The molecule has 0 amide bonds. The van der Waals surface area contributed by atoms with Gasteiger partial charge in [-0.25, -0.2) is 0 Å². The minimum atomic E-state index is 0.664. The lowest BCUT2D eigenvalue weighted by molar-refractivity contribution is 0.756. The van der Waals surface area contributed by atoms with E-state index < -0.39 is 0 Å². The van der Waals surface area contributed by atoms with E-state index in [9.17, 15) is 0 Å². The molecule has 4 heteroatoms. The van der Waals surface area contributed by atoms with Gasteiger partial charge in [0.15, 0.2) is 0 Å². The molecule has 2 aromatic carbocycles. The van der Waals surface area contributed by atoms with Crippen molar-refractivity contribution in [2.45, 2.75) is 111 Å². The summed E-state index contributed by atoms with van der Waals surface area (Å²) < 4.78 is 0. The van der Waals surface area contributed by atoms with E-state index in [4.69, 9.17) is 34.7 Å². The molecule has 0 radical (unpaired) electrons. The van der Waals surface area contributed by atoms with Crippen molar-refractivity contribution in [3.8, 4) is 0 Å². The Bertz CT molecular complexity index is 832. The van der Waals surface area contributed by atoms with Crippen molar-refractivity contribution in [3.05, 3.63) is 55.6 Å². The highest BCUT2D eigenvalue weighted by atomic mass is 35.5. The maximum absolute atomic E-state index is 6.86. The number of hydrogen-bond acceptors (Lipinski definition) is 2. The molecule has 0 aliphatic heterocycles. The first-order valence-corrected chi connectivity index (χ1v) is 13.8. The molecule has 2 rings (SSSR count). The number of halogens is 2. The molecule has 0 aliphatic rings. The van der Waals surface area contributed by atoms with Gasteiger partial charge in [0.1, 0.15) is 0 Å². The van der Waals surface area contributed by atoms with E-state index in [1.54, 1.807) is 0 Å². The number of unbranched alkanes of at least 4 members (excludes halogenated alkanes) is 4. The number of benzene rings is 2. The fourth-order valence-electron chi connectivity index (χ4n) is 4.57. The van der Waals surface area contributed by atoms with Gasteiger partial charge in [-0.2, -0.15) is 0 Å². The average Bonchev–Trinajstić information content (AvgIpc) is 2.81. The van der Waals surface area contributed by atoms with Gasteiger partial charge in [0.05, 0.1) is 21.4 Å². The Morgan fingerprint density at radius 2 is 0.879 bits per heavy atom. The molecule has 0 saturated heterocycles. The molecular formula is C29H44Cl2N2. The van der Waals surface area contributed by atoms with Crippen molar-refractivity contribution in [2.24, 2.45) is 0 Å². The molecule has 0 atom stereocenters. The lowest BCUT2D eigenvalue weighted by Gasteiger charge is -2.20. The van der Waals surface area contributed by atoms with Crippen LogP contribution in [-0.2, 0) is 32.1 Å². The molecule has 0 spiro atoms. The summed E-state index contributed by atoms with van der Waals surface area (Å²) in [5.74, 6) is 0. The van der Waals surface area contributed by atoms with Crippen LogP contribution in [0.2, 0.25) is 10.0 Å². The first-order chi connectivity index (χ1) is 15.9. The van der Waals surface area contributed by atoms with Crippen LogP contribution in [0.1, 0.15) is 112 Å². The van der Waals surface area contributed by atoms with Crippen molar-refractivity contribution >= 4 is 34.6 Å². The van der Waals surface area contributed by atoms with Gasteiger partial charge >= 0.3 is 0 Å². The minimum absolute atomic E-state index is 0.664. The Balaban J connectivity index is 2.51. The fraction of sp³-hybridized carbons (Fsp3) is 0.586. The molecule has 2 aromatic rings. The van der Waals surface area contributed by atoms with Crippen LogP contribution in [0.3, 0.4) is 0 Å². The van der Waals surface area contributed by atoms with Crippen LogP contribution in [0, 0.1) is 0 Å². The monoisotopic (exact) mass is 490 g/mol. The average molecular weight is 492 g/mol. The van der Waals surface area contributed by atoms with Crippen LogP contribution in [0.15, 0.2) is 12.1 Å². The van der Waals surface area contributed by atoms with E-state index in [1.165, 1.54) is 22.3 Å². The first-order valence-electron chi connectivity index (χ1n) is 13.1. The molecule has 33 heavy (non-hydrogen) atoms. The van der Waals surface area contributed by atoms with Crippen LogP contribution in [0.5, 0.6) is 0 Å². The van der Waals surface area contributed by atoms with E-state index in [0.717, 1.165) is 98.2 Å². The normalized spacial score (nSPS) is 11.3. The van der Waals surface area contributed by atoms with E-state index in [-0.39, 0.29) is 0 Å². The zero-order valence-electron chi connectivity index (χ0n) is 21.3. The molecule has 0 saturated carbocycles. The van der Waals surface area contributed by atoms with E-state index >= 15 is 0 Å². The number of nitrogen functional groups attached to an aromatic ring is 2. The first kappa shape index (κ1) is 27.9. The van der Waals surface area contributed by atoms with Crippen molar-refractivity contribution in [3.63, 3.8) is 0 Å². The van der Waals surface area contributed by atoms with Gasteiger partial charge in [-0.15, -0.1) is 0 Å². The predicted molar refractivity (Wildman–Crippen MR) is 149 cm³/mol. The summed E-state index contributed by atoms with van der Waals surface area (Å²) in [5.41, 5.74) is 21.9. The van der Waals surface area contributed by atoms with Crippen molar-refractivity contribution in [1.29, 1.82) is 0 Å². The summed E-state index contributed by atoms with van der Waals surface area (Å²) in [6.07, 6.45) is 13.9. The summed E-state index contributed by atoms with van der Waals surface area (Å²) >= 11 is 13.7. The number of anilines is 2. The highest BCUT2D eigenvalue weighted by Crippen LogP contribution is 2.37. The summed E-state index contributed by atoms with van der Waals surface area (Å²) in [7, 11) is 0. The fourth-order valence-corrected chi connectivity index (χ4v) is 5.24. The Hall–Kier alpha value is -1.38. The Labute approximate surface area is 212 Å². The summed E-state index contributed by atoms with van der Waals surface area (Å²) in [4.78, 5) is 0. The molecule has 184 valence electrons. The van der Waals surface area contributed by atoms with Crippen LogP contribution in [0.4, 0.5) is 11.4 Å². The molecular weight excluding hydrogens is 447 g/mol. The molecule has 0 aliphatic carbocycles. The third-order valence-corrected chi connectivity index (χ3v) is 7.57. The number of hydrogen-bond donors (Lipinski definition) is 2. The van der Waals surface area contributed by atoms with Crippen LogP contribution >= 0.6 is 23.2 Å². The number of nitrogens with two attached hydrogens (primary N) is 2. The van der Waals surface area contributed by atoms with Gasteiger partial charge in [0.25, 0.3) is 0 Å². The molecule has 0 bridgehead atoms. The lowest BCUT2D eigenvalue weighted by atomic mass is 9.89. The van der Waals surface area contributed by atoms with Crippen molar-refractivity contribution in [1.82, 2.24) is 0 Å². The van der Waals surface area contributed by atoms with Gasteiger partial charge in [0, 0.05) is 6.42 Å². The molecule has 0 unspecified atom stereocenters. The largest absolute Gasteiger partial charge is 0.397 e. The van der Waals surface area contributed by atoms with Gasteiger partial charge < -0.3 is 11.5 Å². The summed E-state index contributed by atoms with van der Waals surface area (Å²) in [6.45, 7) is 8.88. The lowest BCUT2D eigenvalue weighted by Crippen LogP contribution is -2.08. The quantitative estimate of drug-likeness (QED) is 0.259. The third kappa shape index (κ3) is 7.30. The van der Waals surface area contributed by atoms with E-state index in [0.29, 0.717) is 17.8 Å². The van der Waals surface area contributed by atoms with E-state index in [2.05, 4.69) is 39.8 Å². The van der Waals surface area contributed by atoms with Gasteiger partial charge in [-0.1, -0.05) is 88.7 Å². The predicted octanol–water partition coefficient (Wildman–Crippen LogP) is 9.12. The third-order valence-electron chi connectivity index (χ3n) is 6.71. The Morgan fingerprint density at radius 3 is 1.21 bits per heavy atom. The zero-order valence-corrected chi connectivity index (χ0v) is 22.8. The molecule has 4 N–H and O–H groups in total. The SMILES string of the molecule is CCCCc1cc(Cc2cc(CCCC)c(CCCC)c(Cl)c2N)c(N)c(Cl)c1CCCC. The standard InChI is InChI=1S/C29H44Cl2N2/c1-5-9-13-20-17-22(28(32)26(30)24(20)15-11-7-3)19-23-18-21(14-10-6-2)25(16-12-8-4)27(31)29(23)33/h17-18H,5-16,19,32-33H2,1-4H3. The zero-order chi connectivity index (χ0) is 24.4. The summed E-state index contributed by atoms with van der Waals surface area (Å²) in [5, 5.41) is 1.48. The van der Waals surface area contributed by atoms with Gasteiger partial charge in [-0.3, -0.25) is 0 Å². The number of aryl methyl sites for hydroxylation is 2. The van der Waals surface area contributed by atoms with Crippen molar-refractivity contribution in [2.75, 3.05) is 11.5 Å².